The smallest absolute Gasteiger partial charge is 0.424 e. The van der Waals surface area contributed by atoms with Crippen LogP contribution in [-0.2, 0) is 6.18 Å². The predicted octanol–water partition coefficient (Wildman–Crippen LogP) is 3.16. The van der Waals surface area contributed by atoms with Crippen molar-refractivity contribution in [3.63, 3.8) is 0 Å². The number of alkyl halides is 3. The summed E-state index contributed by atoms with van der Waals surface area (Å²) in [5.41, 5.74) is -0.663. The quantitative estimate of drug-likeness (QED) is 0.836. The first-order chi connectivity index (χ1) is 8.99. The molecule has 0 radical (unpaired) electrons. The highest BCUT2D eigenvalue weighted by molar-refractivity contribution is 5.35. The zero-order valence-electron chi connectivity index (χ0n) is 9.35. The molecule has 0 saturated heterocycles. The summed E-state index contributed by atoms with van der Waals surface area (Å²) in [5, 5.41) is 8.60. The molecule has 19 heavy (non-hydrogen) atoms. The Labute approximate surface area is 106 Å². The van der Waals surface area contributed by atoms with E-state index >= 15 is 0 Å². The molecule has 0 bridgehead atoms. The van der Waals surface area contributed by atoms with Gasteiger partial charge in [0.1, 0.15) is 5.75 Å². The third kappa shape index (κ3) is 3.19. The number of aromatic nitrogens is 2. The fourth-order valence-electron chi connectivity index (χ4n) is 1.25. The van der Waals surface area contributed by atoms with E-state index < -0.39 is 17.9 Å². The number of rotatable bonds is 2. The van der Waals surface area contributed by atoms with Crippen molar-refractivity contribution in [2.75, 3.05) is 0 Å². The van der Waals surface area contributed by atoms with Gasteiger partial charge in [-0.2, -0.15) is 23.4 Å². The van der Waals surface area contributed by atoms with Gasteiger partial charge >= 0.3 is 12.2 Å². The van der Waals surface area contributed by atoms with Crippen LogP contribution in [0.2, 0.25) is 0 Å². The van der Waals surface area contributed by atoms with Crippen LogP contribution in [0.1, 0.15) is 11.3 Å². The van der Waals surface area contributed by atoms with Gasteiger partial charge in [-0.25, -0.2) is 4.98 Å². The molecule has 4 nitrogen and oxygen atoms in total. The summed E-state index contributed by atoms with van der Waals surface area (Å²) in [4.78, 5) is 6.85. The summed E-state index contributed by atoms with van der Waals surface area (Å²) in [6.07, 6.45) is -3.58. The van der Waals surface area contributed by atoms with Gasteiger partial charge in [0, 0.05) is 6.20 Å². The Morgan fingerprint density at radius 1 is 1.11 bits per heavy atom. The Bertz CT molecular complexity index is 617. The summed E-state index contributed by atoms with van der Waals surface area (Å²) in [7, 11) is 0. The molecular weight excluding hydrogens is 259 g/mol. The van der Waals surface area contributed by atoms with E-state index in [1.807, 2.05) is 6.07 Å². The van der Waals surface area contributed by atoms with Crippen LogP contribution in [0.25, 0.3) is 0 Å². The first kappa shape index (κ1) is 12.8. The van der Waals surface area contributed by atoms with Crippen molar-refractivity contribution in [3.8, 4) is 17.8 Å². The zero-order valence-corrected chi connectivity index (χ0v) is 9.35. The number of ether oxygens (including phenoxy) is 1. The second kappa shape index (κ2) is 4.94. The summed E-state index contributed by atoms with van der Waals surface area (Å²) in [5.74, 6) is 0.248. The monoisotopic (exact) mass is 265 g/mol. The van der Waals surface area contributed by atoms with Crippen LogP contribution >= 0.6 is 0 Å². The molecule has 0 N–H and O–H groups in total. The van der Waals surface area contributed by atoms with Gasteiger partial charge in [-0.1, -0.05) is 0 Å². The third-order valence-corrected chi connectivity index (χ3v) is 2.12. The Kier molecular flexibility index (Phi) is 3.33. The molecule has 0 atom stereocenters. The lowest BCUT2D eigenvalue weighted by molar-refractivity contribution is -0.141. The van der Waals surface area contributed by atoms with E-state index in [0.717, 1.165) is 12.3 Å². The molecule has 1 aromatic heterocycles. The summed E-state index contributed by atoms with van der Waals surface area (Å²) >= 11 is 0. The van der Waals surface area contributed by atoms with E-state index in [-0.39, 0.29) is 5.75 Å². The summed E-state index contributed by atoms with van der Waals surface area (Å²) < 4.78 is 42.4. The Morgan fingerprint density at radius 2 is 1.79 bits per heavy atom. The summed E-state index contributed by atoms with van der Waals surface area (Å²) in [6, 6.07) is 8.11. The van der Waals surface area contributed by atoms with Crippen LogP contribution in [-0.4, -0.2) is 9.97 Å². The lowest BCUT2D eigenvalue weighted by Gasteiger charge is -2.07. The minimum atomic E-state index is -4.55. The Morgan fingerprint density at radius 3 is 2.37 bits per heavy atom. The van der Waals surface area contributed by atoms with E-state index in [0.29, 0.717) is 5.56 Å². The number of nitrogens with zero attached hydrogens (tertiary/aromatic N) is 3. The van der Waals surface area contributed by atoms with Crippen LogP contribution in [0, 0.1) is 11.3 Å². The normalized spacial score (nSPS) is 10.8. The molecule has 0 spiro atoms. The van der Waals surface area contributed by atoms with Crippen molar-refractivity contribution in [2.45, 2.75) is 6.18 Å². The van der Waals surface area contributed by atoms with Gasteiger partial charge in [0.05, 0.1) is 11.6 Å². The number of halogens is 3. The SMILES string of the molecule is N#Cc1ccc(Oc2nccc(C(F)(F)F)n2)cc1. The van der Waals surface area contributed by atoms with Crippen LogP contribution in [0.3, 0.4) is 0 Å². The molecule has 96 valence electrons. The van der Waals surface area contributed by atoms with E-state index in [1.165, 1.54) is 24.3 Å². The standard InChI is InChI=1S/C12H6F3N3O/c13-12(14,15)10-5-6-17-11(18-10)19-9-3-1-8(7-16)2-4-9/h1-6H. The first-order valence-electron chi connectivity index (χ1n) is 5.07. The average molecular weight is 265 g/mol. The lowest BCUT2D eigenvalue weighted by Crippen LogP contribution is -2.08. The fourth-order valence-corrected chi connectivity index (χ4v) is 1.25. The highest BCUT2D eigenvalue weighted by Gasteiger charge is 2.33. The molecule has 0 aliphatic heterocycles. The van der Waals surface area contributed by atoms with Crippen LogP contribution in [0.15, 0.2) is 36.5 Å². The van der Waals surface area contributed by atoms with Crippen molar-refractivity contribution in [1.82, 2.24) is 9.97 Å². The molecule has 1 aromatic carbocycles. The maximum absolute atomic E-state index is 12.4. The molecule has 0 saturated carbocycles. The second-order valence-corrected chi connectivity index (χ2v) is 3.46. The van der Waals surface area contributed by atoms with Gasteiger partial charge < -0.3 is 4.74 Å². The van der Waals surface area contributed by atoms with Gasteiger partial charge in [0.15, 0.2) is 5.69 Å². The molecule has 0 unspecified atom stereocenters. The van der Waals surface area contributed by atoms with E-state index in [2.05, 4.69) is 9.97 Å². The van der Waals surface area contributed by atoms with Gasteiger partial charge in [0.25, 0.3) is 0 Å². The largest absolute Gasteiger partial charge is 0.433 e. The molecule has 0 amide bonds. The number of hydrogen-bond donors (Lipinski definition) is 0. The Hall–Kier alpha value is -2.62. The maximum Gasteiger partial charge on any atom is 0.433 e. The minimum Gasteiger partial charge on any atom is -0.424 e. The van der Waals surface area contributed by atoms with Gasteiger partial charge in [-0.05, 0) is 30.3 Å². The molecule has 0 aliphatic carbocycles. The lowest BCUT2D eigenvalue weighted by atomic mass is 10.2. The molecule has 7 heteroatoms. The first-order valence-corrected chi connectivity index (χ1v) is 5.07. The van der Waals surface area contributed by atoms with Crippen LogP contribution < -0.4 is 4.74 Å². The molecule has 2 rings (SSSR count). The topological polar surface area (TPSA) is 58.8 Å². The highest BCUT2D eigenvalue weighted by atomic mass is 19.4. The van der Waals surface area contributed by atoms with Gasteiger partial charge in [-0.15, -0.1) is 0 Å². The summed E-state index contributed by atoms with van der Waals surface area (Å²) in [6.45, 7) is 0. The van der Waals surface area contributed by atoms with Crippen LogP contribution in [0.5, 0.6) is 11.8 Å². The molecule has 0 fully saturated rings. The van der Waals surface area contributed by atoms with Gasteiger partial charge in [0.2, 0.25) is 0 Å². The molecule has 2 aromatic rings. The van der Waals surface area contributed by atoms with Crippen molar-refractivity contribution < 1.29 is 17.9 Å². The average Bonchev–Trinajstić information content (AvgIpc) is 2.39. The molecular formula is C12H6F3N3O. The van der Waals surface area contributed by atoms with Crippen molar-refractivity contribution >= 4 is 0 Å². The number of hydrogen-bond acceptors (Lipinski definition) is 4. The Balaban J connectivity index is 2.21. The third-order valence-electron chi connectivity index (χ3n) is 2.12. The second-order valence-electron chi connectivity index (χ2n) is 3.46. The van der Waals surface area contributed by atoms with Crippen molar-refractivity contribution in [3.05, 3.63) is 47.8 Å². The van der Waals surface area contributed by atoms with E-state index in [9.17, 15) is 13.2 Å². The van der Waals surface area contributed by atoms with Crippen molar-refractivity contribution in [2.24, 2.45) is 0 Å². The minimum absolute atomic E-state index is 0.248. The number of nitriles is 1. The predicted molar refractivity (Wildman–Crippen MR) is 58.3 cm³/mol. The van der Waals surface area contributed by atoms with E-state index in [4.69, 9.17) is 10.00 Å². The van der Waals surface area contributed by atoms with Crippen LogP contribution in [0.4, 0.5) is 13.2 Å². The maximum atomic E-state index is 12.4. The molecule has 0 aliphatic rings. The van der Waals surface area contributed by atoms with Gasteiger partial charge in [-0.3, -0.25) is 0 Å². The number of benzene rings is 1. The zero-order chi connectivity index (χ0) is 13.9. The highest BCUT2D eigenvalue weighted by Crippen LogP contribution is 2.28. The van der Waals surface area contributed by atoms with Crippen molar-refractivity contribution in [1.29, 1.82) is 5.26 Å². The van der Waals surface area contributed by atoms with E-state index in [1.54, 1.807) is 0 Å². The molecule has 1 heterocycles. The fraction of sp³-hybridized carbons (Fsp3) is 0.0833.